The standard InChI is InChI=1S/C19H19NO3/c1-14-7-6-9-15(13-14)8-2-5-12-18(21)20-16-10-3-4-11-17(16)23-19(20)22/h3-4,6-7,9-11,13H,2,5,8,12H2,1H3. The number of para-hydroxylation sites is 2. The fraction of sp³-hybridized carbons (Fsp3) is 0.263. The van der Waals surface area contributed by atoms with Gasteiger partial charge in [-0.05, 0) is 43.9 Å². The van der Waals surface area contributed by atoms with Crippen molar-refractivity contribution in [3.63, 3.8) is 0 Å². The Bertz CT molecular complexity index is 889. The van der Waals surface area contributed by atoms with Gasteiger partial charge in [-0.3, -0.25) is 4.79 Å². The number of rotatable bonds is 5. The maximum absolute atomic E-state index is 12.3. The van der Waals surface area contributed by atoms with Gasteiger partial charge in [-0.1, -0.05) is 42.0 Å². The molecule has 4 heteroatoms. The highest BCUT2D eigenvalue weighted by atomic mass is 16.4. The second-order valence-electron chi connectivity index (χ2n) is 5.76. The minimum atomic E-state index is -0.602. The highest BCUT2D eigenvalue weighted by molar-refractivity contribution is 5.88. The number of carbonyl (C=O) groups excluding carboxylic acids is 1. The zero-order valence-electron chi connectivity index (χ0n) is 13.1. The first-order chi connectivity index (χ1) is 11.1. The van der Waals surface area contributed by atoms with Gasteiger partial charge in [-0.15, -0.1) is 0 Å². The summed E-state index contributed by atoms with van der Waals surface area (Å²) in [6.07, 6.45) is 2.95. The first kappa shape index (κ1) is 15.3. The zero-order chi connectivity index (χ0) is 16.2. The number of nitrogens with zero attached hydrogens (tertiary/aromatic N) is 1. The Kier molecular flexibility index (Phi) is 4.42. The summed E-state index contributed by atoms with van der Waals surface area (Å²) in [5.74, 6) is -0.806. The molecular weight excluding hydrogens is 290 g/mol. The molecule has 2 aromatic carbocycles. The summed E-state index contributed by atoms with van der Waals surface area (Å²) in [6, 6.07) is 15.4. The number of benzene rings is 2. The molecule has 0 N–H and O–H groups in total. The van der Waals surface area contributed by atoms with Crippen LogP contribution in [0.15, 0.2) is 57.7 Å². The molecular formula is C19H19NO3. The lowest BCUT2D eigenvalue weighted by molar-refractivity contribution is 0.0895. The molecule has 1 heterocycles. The molecule has 0 bridgehead atoms. The molecule has 118 valence electrons. The molecule has 0 aliphatic carbocycles. The van der Waals surface area contributed by atoms with E-state index in [-0.39, 0.29) is 5.91 Å². The average Bonchev–Trinajstić information content (AvgIpc) is 2.87. The van der Waals surface area contributed by atoms with E-state index in [4.69, 9.17) is 4.42 Å². The van der Waals surface area contributed by atoms with Crippen LogP contribution in [0.25, 0.3) is 11.1 Å². The van der Waals surface area contributed by atoms with E-state index < -0.39 is 5.76 Å². The number of aromatic nitrogens is 1. The third-order valence-electron chi connectivity index (χ3n) is 3.92. The van der Waals surface area contributed by atoms with Gasteiger partial charge >= 0.3 is 5.76 Å². The molecule has 0 saturated carbocycles. The van der Waals surface area contributed by atoms with E-state index in [1.807, 2.05) is 6.07 Å². The van der Waals surface area contributed by atoms with Crippen molar-refractivity contribution in [2.24, 2.45) is 0 Å². The lowest BCUT2D eigenvalue weighted by Gasteiger charge is -2.03. The highest BCUT2D eigenvalue weighted by Gasteiger charge is 2.14. The molecule has 1 aromatic heterocycles. The first-order valence-electron chi connectivity index (χ1n) is 7.84. The van der Waals surface area contributed by atoms with E-state index in [2.05, 4.69) is 25.1 Å². The van der Waals surface area contributed by atoms with E-state index in [0.29, 0.717) is 17.5 Å². The molecule has 0 aliphatic heterocycles. The summed E-state index contributed by atoms with van der Waals surface area (Å²) in [5.41, 5.74) is 3.52. The topological polar surface area (TPSA) is 52.2 Å². The lowest BCUT2D eigenvalue weighted by Crippen LogP contribution is -2.22. The van der Waals surface area contributed by atoms with Gasteiger partial charge in [-0.2, -0.15) is 0 Å². The van der Waals surface area contributed by atoms with E-state index in [0.717, 1.165) is 23.8 Å². The lowest BCUT2D eigenvalue weighted by atomic mass is 10.0. The molecule has 0 atom stereocenters. The van der Waals surface area contributed by atoms with E-state index in [1.165, 1.54) is 11.1 Å². The van der Waals surface area contributed by atoms with Gasteiger partial charge in [0, 0.05) is 6.42 Å². The predicted octanol–water partition coefficient (Wildman–Crippen LogP) is 3.96. The van der Waals surface area contributed by atoms with Crippen LogP contribution in [-0.2, 0) is 6.42 Å². The Hall–Kier alpha value is -2.62. The fourth-order valence-corrected chi connectivity index (χ4v) is 2.79. The van der Waals surface area contributed by atoms with Crippen LogP contribution in [0, 0.1) is 6.92 Å². The van der Waals surface area contributed by atoms with E-state index in [9.17, 15) is 9.59 Å². The Labute approximate surface area is 134 Å². The molecule has 0 radical (unpaired) electrons. The van der Waals surface area contributed by atoms with Crippen LogP contribution in [0.2, 0.25) is 0 Å². The number of aryl methyl sites for hydroxylation is 2. The molecule has 3 aromatic rings. The quantitative estimate of drug-likeness (QED) is 0.670. The van der Waals surface area contributed by atoms with Gasteiger partial charge in [0.2, 0.25) is 5.91 Å². The number of carbonyl (C=O) groups is 1. The van der Waals surface area contributed by atoms with Gasteiger partial charge in [0.05, 0.1) is 5.52 Å². The summed E-state index contributed by atoms with van der Waals surface area (Å²) in [6.45, 7) is 2.07. The van der Waals surface area contributed by atoms with Gasteiger partial charge in [-0.25, -0.2) is 9.36 Å². The Balaban J connectivity index is 1.61. The summed E-state index contributed by atoms with van der Waals surface area (Å²) < 4.78 is 6.24. The number of oxazole rings is 1. The normalized spacial score (nSPS) is 11.0. The van der Waals surface area contributed by atoms with Crippen molar-refractivity contribution in [3.8, 4) is 0 Å². The van der Waals surface area contributed by atoms with Crippen molar-refractivity contribution in [3.05, 3.63) is 70.2 Å². The predicted molar refractivity (Wildman–Crippen MR) is 89.8 cm³/mol. The largest absolute Gasteiger partial charge is 0.426 e. The maximum Gasteiger partial charge on any atom is 0.426 e. The molecule has 4 nitrogen and oxygen atoms in total. The Morgan fingerprint density at radius 1 is 1.09 bits per heavy atom. The van der Waals surface area contributed by atoms with Gasteiger partial charge in [0.15, 0.2) is 5.58 Å². The van der Waals surface area contributed by atoms with Crippen LogP contribution < -0.4 is 5.76 Å². The van der Waals surface area contributed by atoms with Gasteiger partial charge in [0.25, 0.3) is 0 Å². The van der Waals surface area contributed by atoms with Crippen molar-refractivity contribution in [1.82, 2.24) is 4.57 Å². The van der Waals surface area contributed by atoms with Gasteiger partial charge in [0.1, 0.15) is 0 Å². The van der Waals surface area contributed by atoms with Crippen molar-refractivity contribution >= 4 is 17.0 Å². The second-order valence-corrected chi connectivity index (χ2v) is 5.76. The van der Waals surface area contributed by atoms with Crippen molar-refractivity contribution in [2.45, 2.75) is 32.6 Å². The number of hydrogen-bond donors (Lipinski definition) is 0. The smallest absolute Gasteiger partial charge is 0.407 e. The van der Waals surface area contributed by atoms with Crippen LogP contribution in [0.4, 0.5) is 0 Å². The van der Waals surface area contributed by atoms with Crippen molar-refractivity contribution in [1.29, 1.82) is 0 Å². The third kappa shape index (κ3) is 3.42. The van der Waals surface area contributed by atoms with Crippen LogP contribution in [0.3, 0.4) is 0 Å². The SMILES string of the molecule is Cc1cccc(CCCCC(=O)n2c(=O)oc3ccccc32)c1. The minimum absolute atomic E-state index is 0.204. The number of fused-ring (bicyclic) bond motifs is 1. The Morgan fingerprint density at radius 3 is 2.74 bits per heavy atom. The molecule has 23 heavy (non-hydrogen) atoms. The first-order valence-corrected chi connectivity index (χ1v) is 7.84. The van der Waals surface area contributed by atoms with Crippen molar-refractivity contribution < 1.29 is 9.21 Å². The van der Waals surface area contributed by atoms with E-state index in [1.54, 1.807) is 24.3 Å². The van der Waals surface area contributed by atoms with Crippen LogP contribution >= 0.6 is 0 Å². The maximum atomic E-state index is 12.3. The second kappa shape index (κ2) is 6.65. The summed E-state index contributed by atoms with van der Waals surface area (Å²) in [7, 11) is 0. The minimum Gasteiger partial charge on any atom is -0.407 e. The average molecular weight is 309 g/mol. The molecule has 0 amide bonds. The van der Waals surface area contributed by atoms with Crippen LogP contribution in [0.5, 0.6) is 0 Å². The van der Waals surface area contributed by atoms with Crippen molar-refractivity contribution in [2.75, 3.05) is 0 Å². The highest BCUT2D eigenvalue weighted by Crippen LogP contribution is 2.14. The molecule has 0 spiro atoms. The van der Waals surface area contributed by atoms with Crippen LogP contribution in [-0.4, -0.2) is 10.5 Å². The summed E-state index contributed by atoms with van der Waals surface area (Å²) in [5, 5.41) is 0. The monoisotopic (exact) mass is 309 g/mol. The summed E-state index contributed by atoms with van der Waals surface area (Å²) >= 11 is 0. The van der Waals surface area contributed by atoms with Gasteiger partial charge < -0.3 is 4.42 Å². The molecule has 3 rings (SSSR count). The number of hydrogen-bond acceptors (Lipinski definition) is 3. The Morgan fingerprint density at radius 2 is 1.91 bits per heavy atom. The zero-order valence-corrected chi connectivity index (χ0v) is 13.1. The fourth-order valence-electron chi connectivity index (χ4n) is 2.79. The molecule has 0 unspecified atom stereocenters. The molecule has 0 saturated heterocycles. The third-order valence-corrected chi connectivity index (χ3v) is 3.92. The summed E-state index contributed by atoms with van der Waals surface area (Å²) in [4.78, 5) is 24.2. The van der Waals surface area contributed by atoms with Crippen LogP contribution in [0.1, 0.15) is 35.2 Å². The van der Waals surface area contributed by atoms with E-state index >= 15 is 0 Å². The molecule has 0 fully saturated rings. The molecule has 0 aliphatic rings. The number of unbranched alkanes of at least 4 members (excludes halogenated alkanes) is 1.